The number of methoxy groups -OCH3 is 1. The van der Waals surface area contributed by atoms with Crippen LogP contribution in [0.1, 0.15) is 125 Å². The van der Waals surface area contributed by atoms with Gasteiger partial charge in [0, 0.05) is 23.2 Å². The molecule has 4 rings (SSSR count). The molecule has 2 N–H and O–H groups in total. The summed E-state index contributed by atoms with van der Waals surface area (Å²) in [4.78, 5) is 70.6. The Morgan fingerprint density at radius 2 is 1.38 bits per heavy atom. The molecule has 0 saturated carbocycles. The van der Waals surface area contributed by atoms with Crippen LogP contribution in [0.25, 0.3) is 5.69 Å². The zero-order valence-corrected chi connectivity index (χ0v) is 36.4. The number of carbonyl (C=O) groups excluding carboxylic acids is 3. The summed E-state index contributed by atoms with van der Waals surface area (Å²) in [5, 5.41) is 5.66. The van der Waals surface area contributed by atoms with Gasteiger partial charge in [-0.3, -0.25) is 14.4 Å². The second-order valence-corrected chi connectivity index (χ2v) is 17.2. The van der Waals surface area contributed by atoms with Gasteiger partial charge in [-0.25, -0.2) is 18.8 Å². The third kappa shape index (κ3) is 9.82. The number of hydrogen-bond donors (Lipinski definition) is 2. The van der Waals surface area contributed by atoms with E-state index in [0.717, 1.165) is 29.4 Å². The second kappa shape index (κ2) is 18.5. The van der Waals surface area contributed by atoms with Crippen LogP contribution in [0, 0.1) is 5.41 Å². The third-order valence-corrected chi connectivity index (χ3v) is 11.2. The first kappa shape index (κ1) is 45.3. The molecule has 0 fully saturated rings. The number of ether oxygens (including phenoxy) is 2. The molecular formula is C46H63N5O7. The molecule has 314 valence electrons. The molecule has 1 aromatic heterocycles. The van der Waals surface area contributed by atoms with Crippen LogP contribution in [0.3, 0.4) is 0 Å². The van der Waals surface area contributed by atoms with Gasteiger partial charge >= 0.3 is 11.4 Å². The number of unbranched alkanes of at least 4 members (excludes halogenated alkanes) is 1. The van der Waals surface area contributed by atoms with Crippen LogP contribution in [0.4, 0.5) is 11.4 Å². The summed E-state index contributed by atoms with van der Waals surface area (Å²) < 4.78 is 15.3. The smallest absolute Gasteiger partial charge is 0.353 e. The first-order chi connectivity index (χ1) is 27.3. The van der Waals surface area contributed by atoms with Gasteiger partial charge in [0.1, 0.15) is 11.5 Å². The number of anilines is 2. The molecule has 3 aromatic carbocycles. The van der Waals surface area contributed by atoms with Crippen molar-refractivity contribution in [2.24, 2.45) is 5.41 Å². The van der Waals surface area contributed by atoms with Crippen LogP contribution in [0.2, 0.25) is 0 Å². The highest BCUT2D eigenvalue weighted by atomic mass is 16.5. The Bertz CT molecular complexity index is 2210. The number of rotatable bonds is 18. The molecule has 0 saturated heterocycles. The van der Waals surface area contributed by atoms with Crippen LogP contribution >= 0.6 is 0 Å². The minimum Gasteiger partial charge on any atom is -0.495 e. The fourth-order valence-corrected chi connectivity index (χ4v) is 6.56. The molecule has 2 unspecified atom stereocenters. The average Bonchev–Trinajstić information content (AvgIpc) is 3.43. The van der Waals surface area contributed by atoms with Gasteiger partial charge in [0.25, 0.3) is 11.8 Å². The molecule has 0 radical (unpaired) electrons. The molecule has 2 atom stereocenters. The van der Waals surface area contributed by atoms with E-state index < -0.39 is 46.5 Å². The van der Waals surface area contributed by atoms with E-state index in [1.807, 2.05) is 19.9 Å². The van der Waals surface area contributed by atoms with Crippen molar-refractivity contribution in [3.05, 3.63) is 98.8 Å². The molecule has 58 heavy (non-hydrogen) atoms. The van der Waals surface area contributed by atoms with Crippen molar-refractivity contribution in [2.45, 2.75) is 138 Å². The number of aromatic nitrogens is 3. The Morgan fingerprint density at radius 1 is 0.741 bits per heavy atom. The van der Waals surface area contributed by atoms with E-state index in [1.54, 1.807) is 63.2 Å². The van der Waals surface area contributed by atoms with Crippen molar-refractivity contribution in [2.75, 3.05) is 17.7 Å². The molecule has 2 amide bonds. The lowest BCUT2D eigenvalue weighted by atomic mass is 9.76. The monoisotopic (exact) mass is 797 g/mol. The normalized spacial score (nSPS) is 13.1. The Morgan fingerprint density at radius 3 is 1.95 bits per heavy atom. The van der Waals surface area contributed by atoms with Crippen LogP contribution in [-0.4, -0.2) is 44.7 Å². The zero-order valence-electron chi connectivity index (χ0n) is 36.4. The van der Waals surface area contributed by atoms with Gasteiger partial charge in [0.15, 0.2) is 17.9 Å². The molecule has 12 nitrogen and oxygen atoms in total. The SMILES string of the molecule is CCCCn1c(=O)n(C(C(=O)Nc2cc(NC(=O)C(CC)Oc3ccc(C(C)(C)CC)cc3C(C)(C)CC)ccc2OC)C(=O)C(C)(C)C)c(=O)n1-c1ccccc1. The Hall–Kier alpha value is -5.39. The Balaban J connectivity index is 1.71. The summed E-state index contributed by atoms with van der Waals surface area (Å²) in [5.74, 6) is -1.07. The highest BCUT2D eigenvalue weighted by Gasteiger charge is 2.40. The van der Waals surface area contributed by atoms with Crippen LogP contribution in [0.5, 0.6) is 11.5 Å². The van der Waals surface area contributed by atoms with Gasteiger partial charge in [-0.05, 0) is 78.5 Å². The zero-order chi connectivity index (χ0) is 43.2. The van der Waals surface area contributed by atoms with Crippen molar-refractivity contribution < 1.29 is 23.9 Å². The maximum absolute atomic E-state index is 14.4. The summed E-state index contributed by atoms with van der Waals surface area (Å²) >= 11 is 0. The first-order valence-corrected chi connectivity index (χ1v) is 20.4. The number of nitrogens with zero attached hydrogens (tertiary/aromatic N) is 3. The standard InChI is InChI=1S/C46H63N5O7/c1-13-17-27-49-42(55)50(43(56)51(49)32-21-19-18-20-22-32)38(39(52)44(5,6)7)41(54)48-34-29-31(24-26-37(34)57-12)47-40(53)35(14-2)58-36-25-23-30(45(8,9)15-3)28-33(36)46(10,11)16-4/h18-26,28-29,35,38H,13-17,27H2,1-12H3,(H,47,53)(H,48,54). The van der Waals surface area contributed by atoms with E-state index in [9.17, 15) is 24.0 Å². The van der Waals surface area contributed by atoms with Crippen LogP contribution in [-0.2, 0) is 31.8 Å². The molecule has 0 spiro atoms. The fourth-order valence-electron chi connectivity index (χ4n) is 6.56. The predicted octanol–water partition coefficient (Wildman–Crippen LogP) is 8.58. The van der Waals surface area contributed by atoms with Gasteiger partial charge in [0.05, 0.1) is 18.5 Å². The third-order valence-electron chi connectivity index (χ3n) is 11.2. The first-order valence-electron chi connectivity index (χ1n) is 20.4. The van der Waals surface area contributed by atoms with Gasteiger partial charge < -0.3 is 20.1 Å². The van der Waals surface area contributed by atoms with Crippen molar-refractivity contribution in [3.8, 4) is 17.2 Å². The summed E-state index contributed by atoms with van der Waals surface area (Å²) in [6.07, 6.45) is 2.70. The minimum absolute atomic E-state index is 0.0305. The van der Waals surface area contributed by atoms with Crippen LogP contribution < -0.4 is 31.5 Å². The highest BCUT2D eigenvalue weighted by molar-refractivity contribution is 6.11. The minimum atomic E-state index is -1.82. The van der Waals surface area contributed by atoms with Crippen molar-refractivity contribution in [3.63, 3.8) is 0 Å². The molecule has 12 heteroatoms. The number of ketones is 1. The van der Waals surface area contributed by atoms with Gasteiger partial charge in [-0.15, -0.1) is 0 Å². The number of benzene rings is 3. The maximum atomic E-state index is 14.4. The number of Topliss-reactive ketones (excluding diaryl/α,β-unsaturated/α-hetero) is 1. The molecule has 0 aliphatic carbocycles. The number of hydrogen-bond acceptors (Lipinski definition) is 7. The Kier molecular flexibility index (Phi) is 14.4. The predicted molar refractivity (Wildman–Crippen MR) is 231 cm³/mol. The lowest BCUT2D eigenvalue weighted by Gasteiger charge is -2.31. The number of carbonyl (C=O) groups is 3. The lowest BCUT2D eigenvalue weighted by Crippen LogP contribution is -2.46. The lowest BCUT2D eigenvalue weighted by molar-refractivity contribution is -0.135. The molecule has 4 aromatic rings. The summed E-state index contributed by atoms with van der Waals surface area (Å²) in [5.41, 5.74) is 0.133. The molecule has 0 bridgehead atoms. The van der Waals surface area contributed by atoms with E-state index in [4.69, 9.17) is 9.47 Å². The van der Waals surface area contributed by atoms with Gasteiger partial charge in [-0.1, -0.05) is 113 Å². The fraction of sp³-hybridized carbons (Fsp3) is 0.500. The second-order valence-electron chi connectivity index (χ2n) is 17.2. The highest BCUT2D eigenvalue weighted by Crippen LogP contribution is 2.39. The number of para-hydroxylation sites is 1. The molecular weight excluding hydrogens is 735 g/mol. The van der Waals surface area contributed by atoms with E-state index in [0.29, 0.717) is 30.0 Å². The van der Waals surface area contributed by atoms with E-state index in [1.165, 1.54) is 28.1 Å². The summed E-state index contributed by atoms with van der Waals surface area (Å²) in [7, 11) is 1.42. The van der Waals surface area contributed by atoms with E-state index in [-0.39, 0.29) is 28.8 Å². The Labute approximate surface area is 342 Å². The largest absolute Gasteiger partial charge is 0.495 e. The van der Waals surface area contributed by atoms with Gasteiger partial charge in [0.2, 0.25) is 0 Å². The van der Waals surface area contributed by atoms with Crippen molar-refractivity contribution >= 4 is 29.0 Å². The quantitative estimate of drug-likeness (QED) is 0.0961. The molecule has 0 aliphatic heterocycles. The van der Waals surface area contributed by atoms with Gasteiger partial charge in [-0.2, -0.15) is 4.68 Å². The summed E-state index contributed by atoms with van der Waals surface area (Å²) in [6, 6.07) is 17.7. The van der Waals surface area contributed by atoms with E-state index in [2.05, 4.69) is 64.3 Å². The van der Waals surface area contributed by atoms with Crippen molar-refractivity contribution in [1.82, 2.24) is 13.9 Å². The maximum Gasteiger partial charge on any atom is 0.353 e. The summed E-state index contributed by atoms with van der Waals surface area (Å²) in [6.45, 7) is 22.0. The number of amides is 2. The molecule has 1 heterocycles. The topological polar surface area (TPSA) is 143 Å². The van der Waals surface area contributed by atoms with Crippen LogP contribution in [0.15, 0.2) is 76.3 Å². The van der Waals surface area contributed by atoms with E-state index >= 15 is 0 Å². The number of nitrogens with one attached hydrogen (secondary N) is 2. The van der Waals surface area contributed by atoms with Crippen molar-refractivity contribution in [1.29, 1.82) is 0 Å². The average molecular weight is 798 g/mol. The molecule has 0 aliphatic rings.